The van der Waals surface area contributed by atoms with Crippen molar-refractivity contribution in [1.82, 2.24) is 20.2 Å². The first kappa shape index (κ1) is 10.2. The van der Waals surface area contributed by atoms with Gasteiger partial charge >= 0.3 is 0 Å². The van der Waals surface area contributed by atoms with Gasteiger partial charge in [-0.1, -0.05) is 6.07 Å². The highest BCUT2D eigenvalue weighted by Gasteiger charge is 2.04. The summed E-state index contributed by atoms with van der Waals surface area (Å²) in [7, 11) is 0. The first-order valence-electron chi connectivity index (χ1n) is 4.39. The Morgan fingerprint density at radius 2 is 2.19 bits per heavy atom. The van der Waals surface area contributed by atoms with Crippen molar-refractivity contribution in [3.63, 3.8) is 0 Å². The predicted molar refractivity (Wildman–Crippen MR) is 52.5 cm³/mol. The number of halogens is 2. The van der Waals surface area contributed by atoms with E-state index in [0.717, 1.165) is 0 Å². The number of aromatic nitrogens is 4. The van der Waals surface area contributed by atoms with Crippen LogP contribution in [0.3, 0.4) is 0 Å². The molecule has 0 saturated carbocycles. The largest absolute Gasteiger partial charge is 0.299 e. The van der Waals surface area contributed by atoms with Crippen molar-refractivity contribution in [2.24, 2.45) is 0 Å². The molecule has 0 amide bonds. The van der Waals surface area contributed by atoms with Gasteiger partial charge < -0.3 is 0 Å². The van der Waals surface area contributed by atoms with Crippen molar-refractivity contribution >= 4 is 0 Å². The minimum absolute atomic E-state index is 0.0981. The first-order valence-corrected chi connectivity index (χ1v) is 4.39. The van der Waals surface area contributed by atoms with Crippen molar-refractivity contribution in [3.05, 3.63) is 30.2 Å². The average Bonchev–Trinajstić information content (AvgIpc) is 2.76. The molecule has 1 N–H and O–H groups in total. The fraction of sp³-hybridized carbons (Fsp3) is 0.100. The minimum atomic E-state index is -2.68. The monoisotopic (exact) mass is 220 g/mol. The molecule has 0 spiro atoms. The highest BCUT2D eigenvalue weighted by Crippen LogP contribution is 2.09. The lowest BCUT2D eigenvalue weighted by atomic mass is 10.3. The van der Waals surface area contributed by atoms with Gasteiger partial charge in [-0.2, -0.15) is 18.9 Å². The van der Waals surface area contributed by atoms with E-state index >= 15 is 0 Å². The van der Waals surface area contributed by atoms with Crippen molar-refractivity contribution < 1.29 is 8.78 Å². The third kappa shape index (κ3) is 2.39. The molecule has 0 bridgehead atoms. The number of hydrogen-bond donors (Lipinski definition) is 1. The van der Waals surface area contributed by atoms with Crippen molar-refractivity contribution in [3.8, 4) is 23.4 Å². The van der Waals surface area contributed by atoms with Gasteiger partial charge in [0.15, 0.2) is 0 Å². The van der Waals surface area contributed by atoms with Crippen LogP contribution < -0.4 is 0 Å². The molecule has 0 radical (unpaired) electrons. The summed E-state index contributed by atoms with van der Waals surface area (Å²) in [4.78, 5) is 7.93. The van der Waals surface area contributed by atoms with Gasteiger partial charge in [-0.15, -0.1) is 0 Å². The van der Waals surface area contributed by atoms with E-state index in [0.29, 0.717) is 11.5 Å². The number of nitrogens with one attached hydrogen (secondary N) is 1. The molecule has 4 nitrogen and oxygen atoms in total. The number of pyridine rings is 1. The lowest BCUT2D eigenvalue weighted by Gasteiger charge is -1.89. The van der Waals surface area contributed by atoms with E-state index in [1.165, 1.54) is 0 Å². The fourth-order valence-electron chi connectivity index (χ4n) is 1.05. The second-order valence-electron chi connectivity index (χ2n) is 2.79. The summed E-state index contributed by atoms with van der Waals surface area (Å²) in [6.07, 6.45) is -1.08. The highest BCUT2D eigenvalue weighted by molar-refractivity contribution is 5.48. The Morgan fingerprint density at radius 3 is 2.88 bits per heavy atom. The molecule has 2 aromatic heterocycles. The van der Waals surface area contributed by atoms with Crippen LogP contribution in [-0.4, -0.2) is 26.6 Å². The van der Waals surface area contributed by atoms with E-state index < -0.39 is 6.43 Å². The zero-order chi connectivity index (χ0) is 11.4. The molecule has 6 heteroatoms. The van der Waals surface area contributed by atoms with Crippen LogP contribution in [0.2, 0.25) is 0 Å². The van der Waals surface area contributed by atoms with Gasteiger partial charge in [-0.3, -0.25) is 10.1 Å². The van der Waals surface area contributed by atoms with Crippen LogP contribution in [0.1, 0.15) is 5.82 Å². The maximum atomic E-state index is 11.8. The van der Waals surface area contributed by atoms with Gasteiger partial charge in [0, 0.05) is 6.20 Å². The van der Waals surface area contributed by atoms with Gasteiger partial charge in [0.1, 0.15) is 5.69 Å². The maximum Gasteiger partial charge on any atom is 0.299 e. The third-order valence-electron chi connectivity index (χ3n) is 1.68. The van der Waals surface area contributed by atoms with Crippen LogP contribution in [0.4, 0.5) is 8.78 Å². The Labute approximate surface area is 89.8 Å². The number of H-pyrrole nitrogens is 1. The minimum Gasteiger partial charge on any atom is -0.253 e. The van der Waals surface area contributed by atoms with Gasteiger partial charge in [-0.25, -0.2) is 0 Å². The van der Waals surface area contributed by atoms with Crippen LogP contribution in [0.5, 0.6) is 0 Å². The molecule has 2 rings (SSSR count). The van der Waals surface area contributed by atoms with Crippen LogP contribution in [-0.2, 0) is 0 Å². The summed E-state index contributed by atoms with van der Waals surface area (Å²) in [5.41, 5.74) is 0.559. The molecule has 0 unspecified atom stereocenters. The molecule has 2 heterocycles. The summed E-state index contributed by atoms with van der Waals surface area (Å²) in [5, 5.41) is 6.27. The number of nitrogens with zero attached hydrogens (tertiary/aromatic N) is 3. The maximum absolute atomic E-state index is 11.8. The van der Waals surface area contributed by atoms with Gasteiger partial charge in [0.2, 0.25) is 11.6 Å². The van der Waals surface area contributed by atoms with Gasteiger partial charge in [-0.05, 0) is 24.0 Å². The lowest BCUT2D eigenvalue weighted by Crippen LogP contribution is -1.85. The highest BCUT2D eigenvalue weighted by atomic mass is 19.3. The summed E-state index contributed by atoms with van der Waals surface area (Å²) < 4.78 is 23.6. The van der Waals surface area contributed by atoms with Crippen LogP contribution in [0, 0.1) is 11.8 Å². The Bertz CT molecular complexity index is 524. The lowest BCUT2D eigenvalue weighted by molar-refractivity contribution is 0.215. The number of alkyl halides is 2. The van der Waals surface area contributed by atoms with Gasteiger partial charge in [0.05, 0.1) is 0 Å². The second kappa shape index (κ2) is 4.49. The van der Waals surface area contributed by atoms with E-state index in [4.69, 9.17) is 0 Å². The molecule has 0 aliphatic rings. The fourth-order valence-corrected chi connectivity index (χ4v) is 1.05. The Hall–Kier alpha value is -2.29. The van der Waals surface area contributed by atoms with Gasteiger partial charge in [0.25, 0.3) is 6.43 Å². The molecular formula is C10H6F2N4. The zero-order valence-corrected chi connectivity index (χ0v) is 7.98. The predicted octanol–water partition coefficient (Wildman–Crippen LogP) is 1.48. The molecule has 2 aromatic rings. The van der Waals surface area contributed by atoms with E-state index in [2.05, 4.69) is 26.1 Å². The third-order valence-corrected chi connectivity index (χ3v) is 1.68. The molecule has 0 saturated heterocycles. The first-order chi connectivity index (χ1) is 7.75. The Morgan fingerprint density at radius 1 is 1.31 bits per heavy atom. The number of aromatic amines is 1. The Kier molecular flexibility index (Phi) is 2.87. The SMILES string of the molecule is FC(F)C#Cc1nc(-c2ccccn2)n[nH]1. The van der Waals surface area contributed by atoms with E-state index in [1.54, 1.807) is 30.3 Å². The van der Waals surface area contributed by atoms with Crippen molar-refractivity contribution in [1.29, 1.82) is 0 Å². The summed E-state index contributed by atoms with van der Waals surface area (Å²) in [5.74, 6) is 4.30. The molecule has 0 atom stereocenters. The smallest absolute Gasteiger partial charge is 0.253 e. The topological polar surface area (TPSA) is 54.5 Å². The standard InChI is InChI=1S/C10H6F2N4/c11-8(12)4-5-9-14-10(16-15-9)7-3-1-2-6-13-7/h1-3,6,8H,(H,14,15,16). The summed E-state index contributed by atoms with van der Waals surface area (Å²) in [6, 6.07) is 5.25. The zero-order valence-electron chi connectivity index (χ0n) is 7.98. The van der Waals surface area contributed by atoms with Crippen LogP contribution in [0.25, 0.3) is 11.5 Å². The molecule has 0 aliphatic heterocycles. The second-order valence-corrected chi connectivity index (χ2v) is 2.79. The molecule has 0 fully saturated rings. The van der Waals surface area contributed by atoms with E-state index in [1.807, 2.05) is 0 Å². The van der Waals surface area contributed by atoms with E-state index in [9.17, 15) is 8.78 Å². The van der Waals surface area contributed by atoms with Crippen molar-refractivity contribution in [2.45, 2.75) is 6.43 Å². The quantitative estimate of drug-likeness (QED) is 0.740. The average molecular weight is 220 g/mol. The molecule has 0 aliphatic carbocycles. The van der Waals surface area contributed by atoms with Crippen LogP contribution >= 0.6 is 0 Å². The summed E-state index contributed by atoms with van der Waals surface area (Å²) >= 11 is 0. The molecular weight excluding hydrogens is 214 g/mol. The Balaban J connectivity index is 2.25. The van der Waals surface area contributed by atoms with Crippen LogP contribution in [0.15, 0.2) is 24.4 Å². The van der Waals surface area contributed by atoms with Crippen molar-refractivity contribution in [2.75, 3.05) is 0 Å². The number of rotatable bonds is 1. The molecule has 0 aromatic carbocycles. The molecule has 16 heavy (non-hydrogen) atoms. The molecule has 80 valence electrons. The normalized spacial score (nSPS) is 9.94. The van der Waals surface area contributed by atoms with E-state index in [-0.39, 0.29) is 5.82 Å². The number of hydrogen-bond acceptors (Lipinski definition) is 3. The summed E-state index contributed by atoms with van der Waals surface area (Å²) in [6.45, 7) is 0.